The summed E-state index contributed by atoms with van der Waals surface area (Å²) in [6.45, 7) is 7.10. The molecule has 0 bridgehead atoms. The molecule has 1 unspecified atom stereocenters. The standard InChI is InChI=1S/C38H37FN4O5/c1-38(2,3)48-37(45)42-19-27(20-42)24-11-9-23(10-12-24)25-13-14-26-21-43(36(44)29(26)17-25)34(35-40-31-7-5-6-8-32(31)41-35)30-18-28(39)15-16-33(30)47-22-46-4/h5-18,27,34H,19-22H2,1-4H3,(H,40,41). The number of halogens is 1. The van der Waals surface area contributed by atoms with Gasteiger partial charge in [-0.05, 0) is 79.4 Å². The normalized spacial score (nSPS) is 15.4. The van der Waals surface area contributed by atoms with E-state index in [0.29, 0.717) is 42.3 Å². The number of ether oxygens (including phenoxy) is 3. The predicted molar refractivity (Wildman–Crippen MR) is 179 cm³/mol. The molecule has 1 aromatic heterocycles. The maximum atomic E-state index is 14.8. The fourth-order valence-electron chi connectivity index (χ4n) is 6.38. The van der Waals surface area contributed by atoms with Crippen LogP contribution < -0.4 is 4.74 Å². The Hall–Kier alpha value is -5.22. The Kier molecular flexibility index (Phi) is 8.12. The lowest BCUT2D eigenvalue weighted by atomic mass is 9.90. The lowest BCUT2D eigenvalue weighted by Gasteiger charge is -2.40. The number of rotatable bonds is 8. The first-order chi connectivity index (χ1) is 23.1. The van der Waals surface area contributed by atoms with Crippen LogP contribution in [0.15, 0.2) is 84.9 Å². The molecule has 3 heterocycles. The second-order valence-corrected chi connectivity index (χ2v) is 13.3. The lowest BCUT2D eigenvalue weighted by molar-refractivity contribution is 0.00818. The molecule has 246 valence electrons. The van der Waals surface area contributed by atoms with Crippen molar-refractivity contribution in [3.05, 3.63) is 119 Å². The van der Waals surface area contributed by atoms with E-state index in [1.165, 1.54) is 19.2 Å². The number of aromatic nitrogens is 2. The van der Waals surface area contributed by atoms with Crippen LogP contribution in [0.25, 0.3) is 22.2 Å². The van der Waals surface area contributed by atoms with Gasteiger partial charge in [0.15, 0.2) is 6.79 Å². The van der Waals surface area contributed by atoms with Crippen molar-refractivity contribution in [3.63, 3.8) is 0 Å². The smallest absolute Gasteiger partial charge is 0.410 e. The van der Waals surface area contributed by atoms with Crippen LogP contribution in [0, 0.1) is 5.82 Å². The number of nitrogens with one attached hydrogen (secondary N) is 1. The van der Waals surface area contributed by atoms with Gasteiger partial charge in [-0.2, -0.15) is 0 Å². The van der Waals surface area contributed by atoms with Crippen LogP contribution in [-0.4, -0.2) is 64.4 Å². The van der Waals surface area contributed by atoms with Crippen LogP contribution in [0.3, 0.4) is 0 Å². The Balaban J connectivity index is 1.15. The number of amides is 2. The molecule has 0 radical (unpaired) electrons. The van der Waals surface area contributed by atoms with Crippen LogP contribution in [0.4, 0.5) is 9.18 Å². The summed E-state index contributed by atoms with van der Waals surface area (Å²) in [5.74, 6) is 0.506. The third kappa shape index (κ3) is 6.11. The summed E-state index contributed by atoms with van der Waals surface area (Å²) >= 11 is 0. The zero-order valence-corrected chi connectivity index (χ0v) is 27.3. The van der Waals surface area contributed by atoms with Crippen molar-refractivity contribution in [2.24, 2.45) is 0 Å². The van der Waals surface area contributed by atoms with E-state index in [2.05, 4.69) is 17.1 Å². The zero-order chi connectivity index (χ0) is 33.6. The van der Waals surface area contributed by atoms with Gasteiger partial charge < -0.3 is 29.0 Å². The average molecular weight is 649 g/mol. The number of carbonyl (C=O) groups excluding carboxylic acids is 2. The Morgan fingerprint density at radius 2 is 1.75 bits per heavy atom. The van der Waals surface area contributed by atoms with E-state index in [-0.39, 0.29) is 24.7 Å². The quantitative estimate of drug-likeness (QED) is 0.176. The number of nitrogens with zero attached hydrogens (tertiary/aromatic N) is 3. The summed E-state index contributed by atoms with van der Waals surface area (Å²) in [5.41, 5.74) is 5.98. The molecule has 0 aliphatic carbocycles. The highest BCUT2D eigenvalue weighted by molar-refractivity contribution is 6.00. The van der Waals surface area contributed by atoms with E-state index in [1.807, 2.05) is 75.4 Å². The van der Waals surface area contributed by atoms with Gasteiger partial charge >= 0.3 is 6.09 Å². The molecular weight excluding hydrogens is 611 g/mol. The molecule has 1 fully saturated rings. The van der Waals surface area contributed by atoms with Crippen molar-refractivity contribution in [2.45, 2.75) is 44.9 Å². The van der Waals surface area contributed by atoms with E-state index in [1.54, 1.807) is 15.9 Å². The molecular formula is C38H37FN4O5. The molecule has 9 nitrogen and oxygen atoms in total. The van der Waals surface area contributed by atoms with Crippen LogP contribution in [-0.2, 0) is 16.0 Å². The van der Waals surface area contributed by atoms with Gasteiger partial charge in [0, 0.05) is 43.8 Å². The molecule has 2 aliphatic rings. The molecule has 1 N–H and O–H groups in total. The summed E-state index contributed by atoms with van der Waals surface area (Å²) in [7, 11) is 1.51. The second-order valence-electron chi connectivity index (χ2n) is 13.3. The van der Waals surface area contributed by atoms with Gasteiger partial charge in [0.05, 0.1) is 11.0 Å². The summed E-state index contributed by atoms with van der Waals surface area (Å²) in [4.78, 5) is 38.2. The van der Waals surface area contributed by atoms with Crippen LogP contribution in [0.5, 0.6) is 5.75 Å². The van der Waals surface area contributed by atoms with Crippen molar-refractivity contribution in [3.8, 4) is 16.9 Å². The monoisotopic (exact) mass is 648 g/mol. The first-order valence-electron chi connectivity index (χ1n) is 16.0. The van der Waals surface area contributed by atoms with Gasteiger partial charge in [-0.25, -0.2) is 14.2 Å². The van der Waals surface area contributed by atoms with E-state index in [9.17, 15) is 14.0 Å². The molecule has 7 rings (SSSR count). The topological polar surface area (TPSA) is 97.0 Å². The van der Waals surface area contributed by atoms with Gasteiger partial charge in [-0.15, -0.1) is 0 Å². The van der Waals surface area contributed by atoms with Crippen LogP contribution >= 0.6 is 0 Å². The predicted octanol–water partition coefficient (Wildman–Crippen LogP) is 7.43. The summed E-state index contributed by atoms with van der Waals surface area (Å²) in [6.07, 6.45) is -0.286. The molecule has 1 saturated heterocycles. The minimum atomic E-state index is -0.759. The summed E-state index contributed by atoms with van der Waals surface area (Å²) in [6, 6.07) is 25.3. The number of methoxy groups -OCH3 is 1. The van der Waals surface area contributed by atoms with Crippen LogP contribution in [0.2, 0.25) is 0 Å². The highest BCUT2D eigenvalue weighted by Crippen LogP contribution is 2.41. The Labute approximate surface area is 278 Å². The fraction of sp³-hybridized carbons (Fsp3) is 0.289. The maximum Gasteiger partial charge on any atom is 0.410 e. The van der Waals surface area contributed by atoms with Gasteiger partial charge in [-0.3, -0.25) is 4.79 Å². The lowest BCUT2D eigenvalue weighted by Crippen LogP contribution is -2.50. The number of hydrogen-bond donors (Lipinski definition) is 1. The van der Waals surface area contributed by atoms with Gasteiger partial charge in [0.25, 0.3) is 5.91 Å². The van der Waals surface area contributed by atoms with Crippen LogP contribution in [0.1, 0.15) is 65.6 Å². The molecule has 1 atom stereocenters. The van der Waals surface area contributed by atoms with Gasteiger partial charge in [-0.1, -0.05) is 48.5 Å². The largest absolute Gasteiger partial charge is 0.467 e. The number of H-pyrrole nitrogens is 1. The number of fused-ring (bicyclic) bond motifs is 2. The Bertz CT molecular complexity index is 1960. The number of hydrogen-bond acceptors (Lipinski definition) is 6. The molecule has 2 amide bonds. The number of para-hydroxylation sites is 2. The number of imidazole rings is 1. The first-order valence-corrected chi connectivity index (χ1v) is 16.0. The number of likely N-dealkylation sites (tertiary alicyclic amines) is 1. The zero-order valence-electron chi connectivity index (χ0n) is 27.3. The van der Waals surface area contributed by atoms with E-state index in [4.69, 9.17) is 19.2 Å². The average Bonchev–Trinajstić information content (AvgIpc) is 3.60. The third-order valence-electron chi connectivity index (χ3n) is 8.77. The molecule has 0 spiro atoms. The minimum absolute atomic E-state index is 0.0372. The summed E-state index contributed by atoms with van der Waals surface area (Å²) in [5, 5.41) is 0. The van der Waals surface area contributed by atoms with Crippen molar-refractivity contribution < 1.29 is 28.2 Å². The molecule has 48 heavy (non-hydrogen) atoms. The summed E-state index contributed by atoms with van der Waals surface area (Å²) < 4.78 is 31.3. The van der Waals surface area contributed by atoms with Crippen molar-refractivity contribution in [2.75, 3.05) is 27.0 Å². The SMILES string of the molecule is COCOc1ccc(F)cc1C(c1nc2ccccc2[nH]1)N1Cc2ccc(-c3ccc(C4CN(C(=O)OC(C)(C)C)C4)cc3)cc2C1=O. The molecule has 2 aliphatic heterocycles. The van der Waals surface area contributed by atoms with Crippen molar-refractivity contribution in [1.82, 2.24) is 19.8 Å². The van der Waals surface area contributed by atoms with E-state index >= 15 is 0 Å². The minimum Gasteiger partial charge on any atom is -0.467 e. The Morgan fingerprint density at radius 3 is 2.48 bits per heavy atom. The van der Waals surface area contributed by atoms with E-state index < -0.39 is 17.5 Å². The molecule has 5 aromatic rings. The van der Waals surface area contributed by atoms with Crippen molar-refractivity contribution >= 4 is 23.0 Å². The van der Waals surface area contributed by atoms with Gasteiger partial charge in [0.1, 0.15) is 29.0 Å². The van der Waals surface area contributed by atoms with E-state index in [0.717, 1.165) is 33.3 Å². The highest BCUT2D eigenvalue weighted by atomic mass is 19.1. The Morgan fingerprint density at radius 1 is 1.00 bits per heavy atom. The molecule has 4 aromatic carbocycles. The maximum absolute atomic E-state index is 14.8. The highest BCUT2D eigenvalue weighted by Gasteiger charge is 2.38. The van der Waals surface area contributed by atoms with Gasteiger partial charge in [0.2, 0.25) is 0 Å². The number of benzene rings is 4. The fourth-order valence-corrected chi connectivity index (χ4v) is 6.38. The third-order valence-corrected chi connectivity index (χ3v) is 8.77. The number of aromatic amines is 1. The second kappa shape index (κ2) is 12.4. The first kappa shape index (κ1) is 31.4. The van der Waals surface area contributed by atoms with Crippen molar-refractivity contribution in [1.29, 1.82) is 0 Å². The molecule has 0 saturated carbocycles. The molecule has 10 heteroatoms. The number of carbonyl (C=O) groups is 2.